The number of hydrogen-bond donors (Lipinski definition) is 4. The molecule has 4 N–H and O–H groups in total. The maximum Gasteiger partial charge on any atom is 0.268 e. The third-order valence-corrected chi connectivity index (χ3v) is 5.20. The summed E-state index contributed by atoms with van der Waals surface area (Å²) in [5.41, 5.74) is 2.39. The second kappa shape index (κ2) is 8.60. The van der Waals surface area contributed by atoms with Gasteiger partial charge in [-0.05, 0) is 54.4 Å². The van der Waals surface area contributed by atoms with Crippen LogP contribution in [0.1, 0.15) is 40.9 Å². The molecule has 154 valence electrons. The van der Waals surface area contributed by atoms with Crippen molar-refractivity contribution in [3.63, 3.8) is 0 Å². The van der Waals surface area contributed by atoms with Gasteiger partial charge in [0.1, 0.15) is 6.61 Å². The van der Waals surface area contributed by atoms with Crippen molar-refractivity contribution in [1.29, 1.82) is 0 Å². The second-order valence-electron chi connectivity index (χ2n) is 6.53. The number of H-pyrrole nitrogens is 4. The van der Waals surface area contributed by atoms with Crippen molar-refractivity contribution >= 4 is 15.9 Å². The molecule has 0 aliphatic rings. The SMILES string of the molecule is C=CCOc1c(Br)cc(C(c2c(C)[nH][nH]c2=O)c2c(C)[nH][nH]c2=O)cc1OCC. The highest BCUT2D eigenvalue weighted by atomic mass is 79.9. The van der Waals surface area contributed by atoms with E-state index in [9.17, 15) is 9.59 Å². The molecule has 0 radical (unpaired) electrons. The van der Waals surface area contributed by atoms with E-state index in [2.05, 4.69) is 42.9 Å². The minimum Gasteiger partial charge on any atom is -0.490 e. The standard InChI is InChI=1S/C20H23BrN4O4/c1-5-7-29-18-13(21)8-12(9-14(18)28-6-2)17(15-10(3)22-24-19(15)26)16-11(4)23-25-20(16)27/h5,8-9,17H,1,6-7H2,2-4H3,(H2,22,24,26)(H2,23,25,27). The second-order valence-corrected chi connectivity index (χ2v) is 7.39. The van der Waals surface area contributed by atoms with Crippen LogP contribution in [0.2, 0.25) is 0 Å². The lowest BCUT2D eigenvalue weighted by atomic mass is 9.85. The third kappa shape index (κ3) is 3.95. The van der Waals surface area contributed by atoms with Crippen molar-refractivity contribution in [1.82, 2.24) is 20.4 Å². The average molecular weight is 463 g/mol. The molecule has 0 aliphatic carbocycles. The number of aromatic amines is 4. The van der Waals surface area contributed by atoms with E-state index in [1.165, 1.54) is 0 Å². The molecule has 2 aromatic heterocycles. The van der Waals surface area contributed by atoms with Gasteiger partial charge in [-0.15, -0.1) is 0 Å². The minimum absolute atomic E-state index is 0.284. The molecule has 8 nitrogen and oxygen atoms in total. The van der Waals surface area contributed by atoms with Crippen molar-refractivity contribution in [3.05, 3.63) is 78.0 Å². The van der Waals surface area contributed by atoms with E-state index in [0.717, 1.165) is 0 Å². The van der Waals surface area contributed by atoms with Crippen LogP contribution in [-0.2, 0) is 0 Å². The number of rotatable bonds is 8. The van der Waals surface area contributed by atoms with E-state index in [1.807, 2.05) is 13.0 Å². The molecule has 1 aromatic carbocycles. The molecule has 29 heavy (non-hydrogen) atoms. The van der Waals surface area contributed by atoms with Crippen LogP contribution in [0.3, 0.4) is 0 Å². The Morgan fingerprint density at radius 3 is 2.07 bits per heavy atom. The van der Waals surface area contributed by atoms with Crippen LogP contribution in [0, 0.1) is 13.8 Å². The number of aryl methyl sites for hydroxylation is 2. The zero-order chi connectivity index (χ0) is 21.1. The van der Waals surface area contributed by atoms with Crippen LogP contribution in [0.4, 0.5) is 0 Å². The van der Waals surface area contributed by atoms with Gasteiger partial charge in [0.15, 0.2) is 11.5 Å². The van der Waals surface area contributed by atoms with Gasteiger partial charge in [-0.3, -0.25) is 19.8 Å². The van der Waals surface area contributed by atoms with Gasteiger partial charge in [0.25, 0.3) is 11.1 Å². The van der Waals surface area contributed by atoms with E-state index < -0.39 is 5.92 Å². The molecule has 0 saturated heterocycles. The molecule has 3 rings (SSSR count). The molecule has 0 unspecified atom stereocenters. The van der Waals surface area contributed by atoms with Gasteiger partial charge in [-0.2, -0.15) is 0 Å². The first kappa shape index (κ1) is 20.8. The molecule has 0 aliphatic heterocycles. The normalized spacial score (nSPS) is 11.1. The monoisotopic (exact) mass is 462 g/mol. The lowest BCUT2D eigenvalue weighted by Crippen LogP contribution is -2.20. The van der Waals surface area contributed by atoms with Gasteiger partial charge in [-0.1, -0.05) is 12.7 Å². The molecule has 3 aromatic rings. The van der Waals surface area contributed by atoms with Crippen LogP contribution in [0.5, 0.6) is 11.5 Å². The van der Waals surface area contributed by atoms with Crippen molar-refractivity contribution in [2.24, 2.45) is 0 Å². The molecular weight excluding hydrogens is 440 g/mol. The summed E-state index contributed by atoms with van der Waals surface area (Å²) in [5.74, 6) is 0.440. The Bertz CT molecular complexity index is 1080. The Hall–Kier alpha value is -2.94. The lowest BCUT2D eigenvalue weighted by Gasteiger charge is -2.20. The maximum absolute atomic E-state index is 12.6. The molecule has 0 saturated carbocycles. The fourth-order valence-corrected chi connectivity index (χ4v) is 3.96. The number of halogens is 1. The van der Waals surface area contributed by atoms with Crippen LogP contribution >= 0.6 is 15.9 Å². The topological polar surface area (TPSA) is 116 Å². The lowest BCUT2D eigenvalue weighted by molar-refractivity contribution is 0.295. The Balaban J connectivity index is 2.28. The van der Waals surface area contributed by atoms with E-state index in [4.69, 9.17) is 9.47 Å². The number of ether oxygens (including phenoxy) is 2. The molecule has 0 bridgehead atoms. The first-order valence-electron chi connectivity index (χ1n) is 9.13. The summed E-state index contributed by atoms with van der Waals surface area (Å²) in [4.78, 5) is 25.2. The summed E-state index contributed by atoms with van der Waals surface area (Å²) in [6.45, 7) is 9.86. The number of benzene rings is 1. The molecule has 9 heteroatoms. The first-order valence-corrected chi connectivity index (χ1v) is 9.92. The summed E-state index contributed by atoms with van der Waals surface area (Å²) < 4.78 is 12.2. The highest BCUT2D eigenvalue weighted by Gasteiger charge is 2.29. The maximum atomic E-state index is 12.6. The molecule has 2 heterocycles. The number of aromatic nitrogens is 4. The Morgan fingerprint density at radius 2 is 1.62 bits per heavy atom. The van der Waals surface area contributed by atoms with Crippen LogP contribution < -0.4 is 20.6 Å². The van der Waals surface area contributed by atoms with Crippen molar-refractivity contribution in [2.75, 3.05) is 13.2 Å². The van der Waals surface area contributed by atoms with Crippen molar-refractivity contribution in [3.8, 4) is 11.5 Å². The van der Waals surface area contributed by atoms with Gasteiger partial charge >= 0.3 is 0 Å². The van der Waals surface area contributed by atoms with Crippen LogP contribution in [-0.4, -0.2) is 33.6 Å². The minimum atomic E-state index is -0.607. The van der Waals surface area contributed by atoms with Gasteiger partial charge in [0.05, 0.1) is 22.2 Å². The smallest absolute Gasteiger partial charge is 0.268 e. The number of nitrogens with one attached hydrogen (secondary N) is 4. The molecule has 0 amide bonds. The largest absolute Gasteiger partial charge is 0.490 e. The summed E-state index contributed by atoms with van der Waals surface area (Å²) in [7, 11) is 0. The Morgan fingerprint density at radius 1 is 1.03 bits per heavy atom. The van der Waals surface area contributed by atoms with E-state index in [1.54, 1.807) is 26.0 Å². The summed E-state index contributed by atoms with van der Waals surface area (Å²) in [6, 6.07) is 3.64. The van der Waals surface area contributed by atoms with Crippen LogP contribution in [0.15, 0.2) is 38.8 Å². The van der Waals surface area contributed by atoms with Gasteiger partial charge in [0.2, 0.25) is 0 Å². The number of hydrogen-bond acceptors (Lipinski definition) is 4. The summed E-state index contributed by atoms with van der Waals surface area (Å²) >= 11 is 3.54. The van der Waals surface area contributed by atoms with E-state index >= 15 is 0 Å². The highest BCUT2D eigenvalue weighted by molar-refractivity contribution is 9.10. The summed E-state index contributed by atoms with van der Waals surface area (Å²) in [6.07, 6.45) is 1.64. The predicted octanol–water partition coefficient (Wildman–Crippen LogP) is 3.24. The van der Waals surface area contributed by atoms with Gasteiger partial charge in [0, 0.05) is 17.3 Å². The fourth-order valence-electron chi connectivity index (χ4n) is 3.38. The quantitative estimate of drug-likeness (QED) is 0.384. The summed E-state index contributed by atoms with van der Waals surface area (Å²) in [5, 5.41) is 10.9. The van der Waals surface area contributed by atoms with E-state index in [-0.39, 0.29) is 11.1 Å². The molecule has 0 atom stereocenters. The predicted molar refractivity (Wildman–Crippen MR) is 114 cm³/mol. The first-order chi connectivity index (χ1) is 13.9. The van der Waals surface area contributed by atoms with Crippen molar-refractivity contribution in [2.45, 2.75) is 26.7 Å². The van der Waals surface area contributed by atoms with Crippen LogP contribution in [0.25, 0.3) is 0 Å². The van der Waals surface area contributed by atoms with Gasteiger partial charge in [-0.25, -0.2) is 0 Å². The van der Waals surface area contributed by atoms with Gasteiger partial charge < -0.3 is 19.7 Å². The molecule has 0 spiro atoms. The zero-order valence-corrected chi connectivity index (χ0v) is 18.0. The Kier molecular flexibility index (Phi) is 6.17. The molecular formula is C20H23BrN4O4. The molecule has 0 fully saturated rings. The highest BCUT2D eigenvalue weighted by Crippen LogP contribution is 2.41. The van der Waals surface area contributed by atoms with E-state index in [0.29, 0.717) is 57.3 Å². The average Bonchev–Trinajstić information content (AvgIpc) is 3.18. The zero-order valence-electron chi connectivity index (χ0n) is 16.4. The Labute approximate surface area is 175 Å². The fraction of sp³-hybridized carbons (Fsp3) is 0.300. The third-order valence-electron chi connectivity index (χ3n) is 4.61. The van der Waals surface area contributed by atoms with Crippen molar-refractivity contribution < 1.29 is 9.47 Å².